The summed E-state index contributed by atoms with van der Waals surface area (Å²) >= 11 is 0. The van der Waals surface area contributed by atoms with Gasteiger partial charge in [0.05, 0.1) is 6.07 Å². The fourth-order valence-electron chi connectivity index (χ4n) is 1.60. The van der Waals surface area contributed by atoms with Crippen LogP contribution in [0.3, 0.4) is 0 Å². The molecule has 4 nitrogen and oxygen atoms in total. The third kappa shape index (κ3) is 6.02. The van der Waals surface area contributed by atoms with E-state index in [0.29, 0.717) is 6.42 Å². The highest BCUT2D eigenvalue weighted by atomic mass is 16.1. The molecule has 4 heteroatoms. The third-order valence-corrected chi connectivity index (χ3v) is 2.50. The SMILES string of the molecule is CC(=O)Nc1ccc(CNCCCCC#N)cc1. The van der Waals surface area contributed by atoms with Gasteiger partial charge in [-0.15, -0.1) is 0 Å². The van der Waals surface area contributed by atoms with E-state index in [1.54, 1.807) is 0 Å². The summed E-state index contributed by atoms with van der Waals surface area (Å²) in [7, 11) is 0. The van der Waals surface area contributed by atoms with Gasteiger partial charge in [0.15, 0.2) is 0 Å². The van der Waals surface area contributed by atoms with E-state index >= 15 is 0 Å². The van der Waals surface area contributed by atoms with Crippen LogP contribution in [0.4, 0.5) is 5.69 Å². The van der Waals surface area contributed by atoms with Gasteiger partial charge in [0.1, 0.15) is 0 Å². The van der Waals surface area contributed by atoms with Gasteiger partial charge in [-0.2, -0.15) is 5.26 Å². The predicted octanol–water partition coefficient (Wildman–Crippen LogP) is 2.43. The Hall–Kier alpha value is -1.86. The molecule has 1 rings (SSSR count). The Labute approximate surface area is 108 Å². The molecule has 0 aromatic heterocycles. The Kier molecular flexibility index (Phi) is 6.52. The van der Waals surface area contributed by atoms with Gasteiger partial charge < -0.3 is 10.6 Å². The lowest BCUT2D eigenvalue weighted by atomic mass is 10.2. The first kappa shape index (κ1) is 14.2. The van der Waals surface area contributed by atoms with Crippen molar-refractivity contribution in [3.05, 3.63) is 29.8 Å². The highest BCUT2D eigenvalue weighted by Gasteiger charge is 1.96. The summed E-state index contributed by atoms with van der Waals surface area (Å²) in [5.41, 5.74) is 2.00. The van der Waals surface area contributed by atoms with Crippen molar-refractivity contribution in [3.8, 4) is 6.07 Å². The first-order valence-corrected chi connectivity index (χ1v) is 6.16. The number of rotatable bonds is 7. The van der Waals surface area contributed by atoms with E-state index in [1.807, 2.05) is 24.3 Å². The van der Waals surface area contributed by atoms with E-state index in [2.05, 4.69) is 16.7 Å². The lowest BCUT2D eigenvalue weighted by Gasteiger charge is -2.06. The molecule has 1 aromatic carbocycles. The minimum absolute atomic E-state index is 0.0571. The van der Waals surface area contributed by atoms with Gasteiger partial charge in [-0.1, -0.05) is 12.1 Å². The van der Waals surface area contributed by atoms with Crippen LogP contribution < -0.4 is 10.6 Å². The fraction of sp³-hybridized carbons (Fsp3) is 0.429. The summed E-state index contributed by atoms with van der Waals surface area (Å²) in [5, 5.41) is 14.4. The summed E-state index contributed by atoms with van der Waals surface area (Å²) in [6.45, 7) is 3.23. The van der Waals surface area contributed by atoms with E-state index in [1.165, 1.54) is 12.5 Å². The molecule has 0 aliphatic carbocycles. The monoisotopic (exact) mass is 245 g/mol. The number of anilines is 1. The normalized spacial score (nSPS) is 9.78. The second-order valence-corrected chi connectivity index (χ2v) is 4.17. The van der Waals surface area contributed by atoms with Crippen LogP contribution in [-0.2, 0) is 11.3 Å². The maximum atomic E-state index is 10.8. The molecule has 0 atom stereocenters. The molecule has 0 aliphatic heterocycles. The highest BCUT2D eigenvalue weighted by Crippen LogP contribution is 2.09. The van der Waals surface area contributed by atoms with E-state index in [9.17, 15) is 4.79 Å². The second-order valence-electron chi connectivity index (χ2n) is 4.17. The van der Waals surface area contributed by atoms with Crippen molar-refractivity contribution >= 4 is 11.6 Å². The molecule has 0 bridgehead atoms. The van der Waals surface area contributed by atoms with Crippen molar-refractivity contribution in [3.63, 3.8) is 0 Å². The topological polar surface area (TPSA) is 64.9 Å². The van der Waals surface area contributed by atoms with Gasteiger partial charge in [-0.05, 0) is 37.1 Å². The van der Waals surface area contributed by atoms with Gasteiger partial charge >= 0.3 is 0 Å². The van der Waals surface area contributed by atoms with E-state index in [4.69, 9.17) is 5.26 Å². The Morgan fingerprint density at radius 3 is 2.61 bits per heavy atom. The van der Waals surface area contributed by atoms with Gasteiger partial charge in [-0.25, -0.2) is 0 Å². The van der Waals surface area contributed by atoms with Crippen LogP contribution in [0.5, 0.6) is 0 Å². The van der Waals surface area contributed by atoms with E-state index < -0.39 is 0 Å². The molecule has 1 amide bonds. The minimum atomic E-state index is -0.0571. The number of nitrogens with one attached hydrogen (secondary N) is 2. The number of amides is 1. The molecule has 1 aromatic rings. The zero-order valence-corrected chi connectivity index (χ0v) is 10.7. The number of carbonyl (C=O) groups excluding carboxylic acids is 1. The molecule has 0 saturated heterocycles. The minimum Gasteiger partial charge on any atom is -0.326 e. The molecular formula is C14H19N3O. The molecule has 0 heterocycles. The maximum absolute atomic E-state index is 10.8. The van der Waals surface area contributed by atoms with Crippen LogP contribution in [-0.4, -0.2) is 12.5 Å². The maximum Gasteiger partial charge on any atom is 0.221 e. The number of hydrogen-bond acceptors (Lipinski definition) is 3. The molecule has 0 aliphatic rings. The third-order valence-electron chi connectivity index (χ3n) is 2.50. The van der Waals surface area contributed by atoms with Crippen LogP contribution in [0.2, 0.25) is 0 Å². The standard InChI is InChI=1S/C14H19N3O/c1-12(18)17-14-7-5-13(6-8-14)11-16-10-4-2-3-9-15/h5-8,16H,2-4,10-11H2,1H3,(H,17,18). The zero-order valence-electron chi connectivity index (χ0n) is 10.7. The largest absolute Gasteiger partial charge is 0.326 e. The first-order chi connectivity index (χ1) is 8.72. The molecule has 0 fully saturated rings. The molecule has 0 unspecified atom stereocenters. The predicted molar refractivity (Wildman–Crippen MR) is 71.9 cm³/mol. The Bertz CT molecular complexity index is 406. The number of nitriles is 1. The Balaban J connectivity index is 2.23. The van der Waals surface area contributed by atoms with Crippen LogP contribution in [0, 0.1) is 11.3 Å². The smallest absolute Gasteiger partial charge is 0.221 e. The van der Waals surface area contributed by atoms with Crippen LogP contribution in [0.15, 0.2) is 24.3 Å². The fourth-order valence-corrected chi connectivity index (χ4v) is 1.60. The number of unbranched alkanes of at least 4 members (excludes halogenated alkanes) is 2. The van der Waals surface area contributed by atoms with Crippen LogP contribution in [0.25, 0.3) is 0 Å². The van der Waals surface area contributed by atoms with Gasteiger partial charge in [0, 0.05) is 25.6 Å². The summed E-state index contributed by atoms with van der Waals surface area (Å²) in [6.07, 6.45) is 2.61. The highest BCUT2D eigenvalue weighted by molar-refractivity contribution is 5.88. The summed E-state index contributed by atoms with van der Waals surface area (Å²) in [4.78, 5) is 10.8. The van der Waals surface area contributed by atoms with Crippen molar-refractivity contribution in [2.45, 2.75) is 32.7 Å². The molecule has 96 valence electrons. The number of carbonyl (C=O) groups is 1. The summed E-state index contributed by atoms with van der Waals surface area (Å²) < 4.78 is 0. The van der Waals surface area contributed by atoms with E-state index in [0.717, 1.165) is 31.6 Å². The van der Waals surface area contributed by atoms with Crippen molar-refractivity contribution in [1.29, 1.82) is 5.26 Å². The molecule has 0 saturated carbocycles. The van der Waals surface area contributed by atoms with Gasteiger partial charge in [-0.3, -0.25) is 4.79 Å². The molecule has 0 radical (unpaired) electrons. The van der Waals surface area contributed by atoms with E-state index in [-0.39, 0.29) is 5.91 Å². The lowest BCUT2D eigenvalue weighted by Crippen LogP contribution is -2.14. The Morgan fingerprint density at radius 1 is 1.28 bits per heavy atom. The van der Waals surface area contributed by atoms with Crippen molar-refractivity contribution < 1.29 is 4.79 Å². The quantitative estimate of drug-likeness (QED) is 0.725. The van der Waals surface area contributed by atoms with Gasteiger partial charge in [0.25, 0.3) is 0 Å². The molecule has 18 heavy (non-hydrogen) atoms. The van der Waals surface area contributed by atoms with Crippen molar-refractivity contribution in [1.82, 2.24) is 5.32 Å². The first-order valence-electron chi connectivity index (χ1n) is 6.16. The number of hydrogen-bond donors (Lipinski definition) is 2. The number of nitrogens with zero attached hydrogens (tertiary/aromatic N) is 1. The molecular weight excluding hydrogens is 226 g/mol. The van der Waals surface area contributed by atoms with Crippen molar-refractivity contribution in [2.75, 3.05) is 11.9 Å². The van der Waals surface area contributed by atoms with Crippen molar-refractivity contribution in [2.24, 2.45) is 0 Å². The average Bonchev–Trinajstić information content (AvgIpc) is 2.35. The Morgan fingerprint density at radius 2 is 2.00 bits per heavy atom. The number of benzene rings is 1. The summed E-state index contributed by atoms with van der Waals surface area (Å²) in [5.74, 6) is -0.0571. The average molecular weight is 245 g/mol. The zero-order chi connectivity index (χ0) is 13.2. The van der Waals surface area contributed by atoms with Crippen LogP contribution >= 0.6 is 0 Å². The summed E-state index contributed by atoms with van der Waals surface area (Å²) in [6, 6.07) is 9.92. The second kappa shape index (κ2) is 8.26. The lowest BCUT2D eigenvalue weighted by molar-refractivity contribution is -0.114. The van der Waals surface area contributed by atoms with Crippen LogP contribution in [0.1, 0.15) is 31.7 Å². The molecule has 2 N–H and O–H groups in total. The molecule has 0 spiro atoms. The van der Waals surface area contributed by atoms with Gasteiger partial charge in [0.2, 0.25) is 5.91 Å².